The average Bonchev–Trinajstić information content (AvgIpc) is 3.51. The summed E-state index contributed by atoms with van der Waals surface area (Å²) in [5.41, 5.74) is 4.98. The van der Waals surface area contributed by atoms with E-state index in [2.05, 4.69) is 55.1 Å². The van der Waals surface area contributed by atoms with Crippen molar-refractivity contribution in [2.24, 2.45) is 11.8 Å². The van der Waals surface area contributed by atoms with E-state index < -0.39 is 42.0 Å². The second-order valence-electron chi connectivity index (χ2n) is 9.63. The minimum absolute atomic E-state index is 0.0134. The lowest BCUT2D eigenvalue weighted by molar-refractivity contribution is -0.0643. The van der Waals surface area contributed by atoms with Crippen molar-refractivity contribution in [3.8, 4) is 0 Å². The Hall–Kier alpha value is -2.76. The fraction of sp³-hybridized carbons (Fsp3) is 0.524. The zero-order valence-electron chi connectivity index (χ0n) is 21.2. The van der Waals surface area contributed by atoms with E-state index in [0.29, 0.717) is 17.5 Å². The number of H-pyrrole nitrogens is 2. The molecule has 19 heteroatoms. The number of aromatic amines is 2. The van der Waals surface area contributed by atoms with Crippen molar-refractivity contribution >= 4 is 59.8 Å². The van der Waals surface area contributed by atoms with Crippen molar-refractivity contribution in [1.29, 1.82) is 0 Å². The van der Waals surface area contributed by atoms with Crippen LogP contribution in [0.3, 0.4) is 0 Å². The Labute approximate surface area is 236 Å². The Kier molecular flexibility index (Phi) is 8.09. The van der Waals surface area contributed by atoms with Crippen molar-refractivity contribution in [3.05, 3.63) is 39.3 Å². The Bertz CT molecular complexity index is 1690. The van der Waals surface area contributed by atoms with Crippen LogP contribution in [0.15, 0.2) is 28.2 Å². The molecule has 0 radical (unpaired) electrons. The van der Waals surface area contributed by atoms with Crippen molar-refractivity contribution < 1.29 is 22.7 Å². The van der Waals surface area contributed by atoms with Gasteiger partial charge in [0.2, 0.25) is 5.95 Å². The molecule has 0 spiro atoms. The summed E-state index contributed by atoms with van der Waals surface area (Å²) in [5.74, 6) is -1.09. The molecule has 0 amide bonds. The molecule has 1 saturated heterocycles. The first-order chi connectivity index (χ1) is 18.9. The number of nitrogens with two attached hydrogens (primary N) is 1. The number of aromatic nitrogens is 8. The zero-order valence-corrected chi connectivity index (χ0v) is 23.9. The lowest BCUT2D eigenvalue weighted by Crippen LogP contribution is -2.39. The van der Waals surface area contributed by atoms with Gasteiger partial charge in [0, 0.05) is 6.20 Å². The van der Waals surface area contributed by atoms with Crippen LogP contribution in [0.4, 0.5) is 10.3 Å². The first-order valence-corrected chi connectivity index (χ1v) is 15.4. The maximum Gasteiger partial charge on any atom is 0.386 e. The fourth-order valence-corrected chi connectivity index (χ4v) is 6.61. The van der Waals surface area contributed by atoms with E-state index in [4.69, 9.17) is 19.5 Å². The smallest absolute Gasteiger partial charge is 0.369 e. The quantitative estimate of drug-likeness (QED) is 0.163. The second-order valence-corrected chi connectivity index (χ2v) is 13.0. The van der Waals surface area contributed by atoms with Gasteiger partial charge >= 0.3 is 6.80 Å². The normalized spacial score (nSPS) is 29.1. The standard InChI is InChI=1S/C21H27FN9O6PS2/c1-9-5-10(2)13(22)15(20(39)31-17-14(28-29-31)19(33)27-21(23)26-17)37-38(34,40)36-6-12(9)35-8-30-4-3-11-16(30)24-7-25-18(11)32/h3-4,7,9-10,12-13,15,20,39H,5-6,8H2,1-2H3,(H,34,40)(H,24,25,32)(H3,23,26,27,33)/t9?,10?,12-,13-,15-,20-,38?/m1/s1. The highest BCUT2D eigenvalue weighted by atomic mass is 32.7. The Morgan fingerprint density at radius 3 is 2.85 bits per heavy atom. The van der Waals surface area contributed by atoms with Gasteiger partial charge in [0.05, 0.1) is 24.4 Å². The fourth-order valence-electron chi connectivity index (χ4n) is 4.67. The number of fused-ring (bicyclic) bond motifs is 2. The second kappa shape index (κ2) is 11.3. The van der Waals surface area contributed by atoms with E-state index >= 15 is 4.39 Å². The lowest BCUT2D eigenvalue weighted by Gasteiger charge is -2.35. The molecule has 4 N–H and O–H groups in total. The molecule has 0 saturated carbocycles. The van der Waals surface area contributed by atoms with Gasteiger partial charge in [-0.25, -0.2) is 18.6 Å². The van der Waals surface area contributed by atoms with Gasteiger partial charge in [-0.3, -0.25) is 23.6 Å². The van der Waals surface area contributed by atoms with Crippen LogP contribution in [0.25, 0.3) is 22.2 Å². The van der Waals surface area contributed by atoms with Gasteiger partial charge < -0.3 is 20.0 Å². The van der Waals surface area contributed by atoms with E-state index in [-0.39, 0.29) is 41.9 Å². The highest BCUT2D eigenvalue weighted by Crippen LogP contribution is 2.57. The minimum atomic E-state index is -4.17. The van der Waals surface area contributed by atoms with Gasteiger partial charge in [0.15, 0.2) is 11.2 Å². The van der Waals surface area contributed by atoms with E-state index in [1.807, 2.05) is 6.92 Å². The molecule has 7 atom stereocenters. The topological polar surface area (TPSA) is 198 Å². The van der Waals surface area contributed by atoms with Gasteiger partial charge in [-0.15, -0.1) is 17.7 Å². The zero-order chi connectivity index (χ0) is 28.8. The predicted molar refractivity (Wildman–Crippen MR) is 149 cm³/mol. The molecular weight excluding hydrogens is 588 g/mol. The summed E-state index contributed by atoms with van der Waals surface area (Å²) >= 11 is 8.54. The summed E-state index contributed by atoms with van der Waals surface area (Å²) in [6.07, 6.45) is -0.541. The van der Waals surface area contributed by atoms with Gasteiger partial charge in [0.25, 0.3) is 11.1 Å². The molecule has 4 aromatic rings. The number of nitrogens with one attached hydrogen (secondary N) is 2. The van der Waals surface area contributed by atoms with Crippen LogP contribution >= 0.6 is 31.7 Å². The van der Waals surface area contributed by atoms with Crippen LogP contribution < -0.4 is 16.9 Å². The lowest BCUT2D eigenvalue weighted by atomic mass is 9.88. The number of thiol groups is 2. The highest BCUT2D eigenvalue weighted by Gasteiger charge is 2.42. The summed E-state index contributed by atoms with van der Waals surface area (Å²) in [6.45, 7) is -0.796. The summed E-state index contributed by atoms with van der Waals surface area (Å²) in [4.78, 5) is 37.2. The van der Waals surface area contributed by atoms with Crippen molar-refractivity contribution in [2.75, 3.05) is 12.3 Å². The maximum atomic E-state index is 16.0. The first kappa shape index (κ1) is 28.8. The van der Waals surface area contributed by atoms with Crippen molar-refractivity contribution in [3.63, 3.8) is 0 Å². The van der Waals surface area contributed by atoms with Crippen LogP contribution in [0.5, 0.6) is 0 Å². The van der Waals surface area contributed by atoms with E-state index in [9.17, 15) is 14.2 Å². The summed E-state index contributed by atoms with van der Waals surface area (Å²) < 4.78 is 49.2. The SMILES string of the molecule is CC1CC(C)[C@H](OCn2ccc3c(=O)[nH]cnc32)COP(=O)(S)O[C@@H]([C@@H](S)n2nnc3c(=O)[nH]c(N)nc32)[C@@H]1F. The summed E-state index contributed by atoms with van der Waals surface area (Å²) in [6, 6.07) is 1.62. The number of alkyl halides is 1. The van der Waals surface area contributed by atoms with Crippen LogP contribution in [0.1, 0.15) is 25.6 Å². The van der Waals surface area contributed by atoms with Crippen molar-refractivity contribution in [1.82, 2.24) is 39.5 Å². The Balaban J connectivity index is 1.37. The van der Waals surface area contributed by atoms with Crippen LogP contribution in [-0.2, 0) is 25.1 Å². The van der Waals surface area contributed by atoms with Gasteiger partial charge in [-0.05, 0) is 24.3 Å². The third kappa shape index (κ3) is 5.69. The molecule has 5 heterocycles. The molecule has 0 aromatic carbocycles. The molecular formula is C21H27FN9O6PS2. The van der Waals surface area contributed by atoms with Gasteiger partial charge in [-0.2, -0.15) is 4.98 Å². The van der Waals surface area contributed by atoms with Gasteiger partial charge in [-0.1, -0.05) is 31.3 Å². The number of nitrogens with zero attached hydrogens (tertiary/aromatic N) is 6. The van der Waals surface area contributed by atoms with Gasteiger partial charge in [0.1, 0.15) is 30.0 Å². The molecule has 216 valence electrons. The van der Waals surface area contributed by atoms with Crippen LogP contribution in [-0.4, -0.2) is 64.5 Å². The predicted octanol–water partition coefficient (Wildman–Crippen LogP) is 2.06. The average molecular weight is 616 g/mol. The number of halogens is 1. The number of anilines is 1. The third-order valence-corrected chi connectivity index (χ3v) is 8.91. The van der Waals surface area contributed by atoms with E-state index in [1.54, 1.807) is 23.8 Å². The molecule has 0 bridgehead atoms. The number of nitrogen functional groups attached to an aromatic ring is 1. The number of ether oxygens (including phenoxy) is 1. The van der Waals surface area contributed by atoms with Crippen molar-refractivity contribution in [2.45, 2.75) is 50.8 Å². The molecule has 1 aliphatic heterocycles. The Morgan fingerprint density at radius 2 is 2.08 bits per heavy atom. The van der Waals surface area contributed by atoms with Crippen LogP contribution in [0.2, 0.25) is 0 Å². The highest BCUT2D eigenvalue weighted by molar-refractivity contribution is 8.44. The summed E-state index contributed by atoms with van der Waals surface area (Å²) in [7, 11) is 0. The Morgan fingerprint density at radius 1 is 1.30 bits per heavy atom. The number of hydrogen-bond acceptors (Lipinski definition) is 12. The molecule has 40 heavy (non-hydrogen) atoms. The molecule has 1 fully saturated rings. The maximum absolute atomic E-state index is 16.0. The summed E-state index contributed by atoms with van der Waals surface area (Å²) in [5, 5.41) is 6.84. The molecule has 1 aliphatic rings. The molecule has 0 aliphatic carbocycles. The molecule has 15 nitrogen and oxygen atoms in total. The number of hydrogen-bond donors (Lipinski definition) is 5. The molecule has 4 aromatic heterocycles. The molecule has 3 unspecified atom stereocenters. The largest absolute Gasteiger partial charge is 0.386 e. The first-order valence-electron chi connectivity index (χ1n) is 12.2. The van der Waals surface area contributed by atoms with Crippen LogP contribution in [0, 0.1) is 11.8 Å². The van der Waals surface area contributed by atoms with E-state index in [1.165, 1.54) is 6.33 Å². The molecule has 5 rings (SSSR count). The number of rotatable bonds is 5. The monoisotopic (exact) mass is 615 g/mol. The minimum Gasteiger partial charge on any atom is -0.369 e. The van der Waals surface area contributed by atoms with E-state index in [0.717, 1.165) is 4.68 Å². The third-order valence-electron chi connectivity index (χ3n) is 6.78.